The van der Waals surface area contributed by atoms with Crippen molar-refractivity contribution in [3.05, 3.63) is 59.5 Å². The monoisotopic (exact) mass is 316 g/mol. The van der Waals surface area contributed by atoms with Gasteiger partial charge in [-0.3, -0.25) is 4.99 Å². The van der Waals surface area contributed by atoms with Gasteiger partial charge >= 0.3 is 0 Å². The van der Waals surface area contributed by atoms with Crippen LogP contribution in [0.5, 0.6) is 5.88 Å². The number of benzene rings is 1. The fourth-order valence-corrected chi connectivity index (χ4v) is 2.12. The summed E-state index contributed by atoms with van der Waals surface area (Å²) in [6.07, 6.45) is 2.48. The van der Waals surface area contributed by atoms with E-state index in [2.05, 4.69) is 20.6 Å². The number of nitrogens with zero attached hydrogens (tertiary/aromatic N) is 2. The van der Waals surface area contributed by atoms with Gasteiger partial charge in [0.25, 0.3) is 0 Å². The molecular formula is C17H21FN4O. The Kier molecular flexibility index (Phi) is 6.35. The first kappa shape index (κ1) is 16.7. The number of hydrogen-bond donors (Lipinski definition) is 2. The minimum atomic E-state index is -0.218. The van der Waals surface area contributed by atoms with E-state index in [1.807, 2.05) is 12.1 Å². The molecule has 5 nitrogen and oxygen atoms in total. The first-order chi connectivity index (χ1) is 11.2. The maximum atomic E-state index is 12.9. The molecule has 0 spiro atoms. The first-order valence-electron chi connectivity index (χ1n) is 7.39. The lowest BCUT2D eigenvalue weighted by Gasteiger charge is -2.13. The van der Waals surface area contributed by atoms with E-state index in [0.717, 1.165) is 17.5 Å². The predicted molar refractivity (Wildman–Crippen MR) is 89.1 cm³/mol. The molecular weight excluding hydrogens is 295 g/mol. The SMILES string of the molecule is CN=C(NCCc1ccc(F)cc1)NCc1cccnc1OC. The molecule has 0 bridgehead atoms. The minimum Gasteiger partial charge on any atom is -0.481 e. The Hall–Kier alpha value is -2.63. The molecule has 0 saturated heterocycles. The molecule has 0 aliphatic carbocycles. The van der Waals surface area contributed by atoms with Crippen LogP contribution >= 0.6 is 0 Å². The number of guanidine groups is 1. The van der Waals surface area contributed by atoms with E-state index in [4.69, 9.17) is 4.74 Å². The fourth-order valence-electron chi connectivity index (χ4n) is 2.12. The molecule has 0 amide bonds. The van der Waals surface area contributed by atoms with Crippen molar-refractivity contribution in [3.63, 3.8) is 0 Å². The Morgan fingerprint density at radius 1 is 1.22 bits per heavy atom. The van der Waals surface area contributed by atoms with Crippen LogP contribution in [0.4, 0.5) is 4.39 Å². The molecule has 6 heteroatoms. The van der Waals surface area contributed by atoms with Gasteiger partial charge in [0, 0.05) is 31.9 Å². The van der Waals surface area contributed by atoms with Crippen LogP contribution in [0.2, 0.25) is 0 Å². The Bertz CT molecular complexity index is 643. The van der Waals surface area contributed by atoms with Crippen molar-refractivity contribution < 1.29 is 9.13 Å². The molecule has 1 heterocycles. The summed E-state index contributed by atoms with van der Waals surface area (Å²) in [5, 5.41) is 6.44. The molecule has 2 N–H and O–H groups in total. The van der Waals surface area contributed by atoms with Crippen LogP contribution in [-0.4, -0.2) is 31.6 Å². The number of hydrogen-bond acceptors (Lipinski definition) is 3. The third-order valence-corrected chi connectivity index (χ3v) is 3.33. The Balaban J connectivity index is 1.80. The topological polar surface area (TPSA) is 58.5 Å². The molecule has 0 unspecified atom stereocenters. The zero-order valence-electron chi connectivity index (χ0n) is 13.3. The number of nitrogens with one attached hydrogen (secondary N) is 2. The average molecular weight is 316 g/mol. The van der Waals surface area contributed by atoms with E-state index >= 15 is 0 Å². The van der Waals surface area contributed by atoms with Gasteiger partial charge in [0.05, 0.1) is 7.11 Å². The highest BCUT2D eigenvalue weighted by Gasteiger charge is 2.04. The van der Waals surface area contributed by atoms with Crippen molar-refractivity contribution in [3.8, 4) is 5.88 Å². The molecule has 23 heavy (non-hydrogen) atoms. The van der Waals surface area contributed by atoms with E-state index in [-0.39, 0.29) is 5.82 Å². The molecule has 2 aromatic rings. The van der Waals surface area contributed by atoms with Crippen LogP contribution in [0.25, 0.3) is 0 Å². The van der Waals surface area contributed by atoms with Crippen molar-refractivity contribution >= 4 is 5.96 Å². The quantitative estimate of drug-likeness (QED) is 0.633. The molecule has 0 aliphatic heterocycles. The van der Waals surface area contributed by atoms with E-state index < -0.39 is 0 Å². The smallest absolute Gasteiger partial charge is 0.218 e. The normalized spacial score (nSPS) is 11.2. The van der Waals surface area contributed by atoms with Gasteiger partial charge in [-0.2, -0.15) is 0 Å². The largest absolute Gasteiger partial charge is 0.481 e. The maximum Gasteiger partial charge on any atom is 0.218 e. The van der Waals surface area contributed by atoms with Gasteiger partial charge in [0.2, 0.25) is 5.88 Å². The zero-order valence-corrected chi connectivity index (χ0v) is 13.3. The molecule has 1 aromatic carbocycles. The summed E-state index contributed by atoms with van der Waals surface area (Å²) in [5.74, 6) is 1.07. The number of halogens is 1. The van der Waals surface area contributed by atoms with Gasteiger partial charge in [-0.25, -0.2) is 9.37 Å². The molecule has 1 aromatic heterocycles. The molecule has 0 atom stereocenters. The Morgan fingerprint density at radius 2 is 2.00 bits per heavy atom. The van der Waals surface area contributed by atoms with Gasteiger partial charge in [-0.15, -0.1) is 0 Å². The van der Waals surface area contributed by atoms with Crippen LogP contribution in [0.15, 0.2) is 47.6 Å². The molecule has 0 saturated carbocycles. The first-order valence-corrected chi connectivity index (χ1v) is 7.39. The highest BCUT2D eigenvalue weighted by Crippen LogP contribution is 2.12. The van der Waals surface area contributed by atoms with Crippen molar-refractivity contribution in [2.45, 2.75) is 13.0 Å². The lowest BCUT2D eigenvalue weighted by molar-refractivity contribution is 0.392. The second kappa shape index (κ2) is 8.73. The number of methoxy groups -OCH3 is 1. The lowest BCUT2D eigenvalue weighted by atomic mass is 10.1. The molecule has 0 fully saturated rings. The number of pyridine rings is 1. The van der Waals surface area contributed by atoms with Crippen molar-refractivity contribution in [1.82, 2.24) is 15.6 Å². The van der Waals surface area contributed by atoms with Gasteiger partial charge in [0.15, 0.2) is 5.96 Å². The fraction of sp³-hybridized carbons (Fsp3) is 0.294. The van der Waals surface area contributed by atoms with Crippen LogP contribution in [-0.2, 0) is 13.0 Å². The van der Waals surface area contributed by atoms with Crippen molar-refractivity contribution in [1.29, 1.82) is 0 Å². The van der Waals surface area contributed by atoms with Crippen molar-refractivity contribution in [2.24, 2.45) is 4.99 Å². The van der Waals surface area contributed by atoms with E-state index in [1.54, 1.807) is 32.5 Å². The van der Waals surface area contributed by atoms with Crippen LogP contribution in [0.3, 0.4) is 0 Å². The standard InChI is InChI=1S/C17H21FN4O/c1-19-17(21-11-9-13-5-7-15(18)8-6-13)22-12-14-4-3-10-20-16(14)23-2/h3-8,10H,9,11-12H2,1-2H3,(H2,19,21,22). The number of rotatable bonds is 6. The summed E-state index contributed by atoms with van der Waals surface area (Å²) in [5.41, 5.74) is 2.03. The van der Waals surface area contributed by atoms with E-state index in [9.17, 15) is 4.39 Å². The second-order valence-electron chi connectivity index (χ2n) is 4.90. The minimum absolute atomic E-state index is 0.218. The van der Waals surface area contributed by atoms with Gasteiger partial charge in [-0.05, 0) is 30.2 Å². The van der Waals surface area contributed by atoms with Crippen molar-refractivity contribution in [2.75, 3.05) is 20.7 Å². The molecule has 0 radical (unpaired) electrons. The summed E-state index contributed by atoms with van der Waals surface area (Å²) < 4.78 is 18.1. The highest BCUT2D eigenvalue weighted by atomic mass is 19.1. The Labute approximate surface area is 135 Å². The third kappa shape index (κ3) is 5.25. The Morgan fingerprint density at radius 3 is 2.70 bits per heavy atom. The van der Waals surface area contributed by atoms with Gasteiger partial charge in [-0.1, -0.05) is 18.2 Å². The molecule has 0 aliphatic rings. The van der Waals surface area contributed by atoms with E-state index in [1.165, 1.54) is 12.1 Å². The highest BCUT2D eigenvalue weighted by molar-refractivity contribution is 5.79. The second-order valence-corrected chi connectivity index (χ2v) is 4.90. The summed E-state index contributed by atoms with van der Waals surface area (Å²) in [6, 6.07) is 10.3. The number of ether oxygens (including phenoxy) is 1. The summed E-state index contributed by atoms with van der Waals surface area (Å²) in [6.45, 7) is 1.27. The molecule has 122 valence electrons. The maximum absolute atomic E-state index is 12.9. The third-order valence-electron chi connectivity index (χ3n) is 3.33. The van der Waals surface area contributed by atoms with E-state index in [0.29, 0.717) is 24.9 Å². The predicted octanol–water partition coefficient (Wildman–Crippen LogP) is 2.14. The zero-order chi connectivity index (χ0) is 16.5. The summed E-state index contributed by atoms with van der Waals surface area (Å²) in [4.78, 5) is 8.33. The van der Waals surface area contributed by atoms with Crippen LogP contribution < -0.4 is 15.4 Å². The number of aliphatic imine (C=N–C) groups is 1. The average Bonchev–Trinajstić information content (AvgIpc) is 2.59. The lowest BCUT2D eigenvalue weighted by Crippen LogP contribution is -2.37. The molecule has 2 rings (SSSR count). The van der Waals surface area contributed by atoms with Gasteiger partial charge in [0.1, 0.15) is 5.82 Å². The summed E-state index contributed by atoms with van der Waals surface area (Å²) in [7, 11) is 3.31. The van der Waals surface area contributed by atoms with Crippen LogP contribution in [0.1, 0.15) is 11.1 Å². The summed E-state index contributed by atoms with van der Waals surface area (Å²) >= 11 is 0. The van der Waals surface area contributed by atoms with Gasteiger partial charge < -0.3 is 15.4 Å². The van der Waals surface area contributed by atoms with Crippen LogP contribution in [0, 0.1) is 5.82 Å². The number of aromatic nitrogens is 1.